The molecule has 0 aliphatic rings. The van der Waals surface area contributed by atoms with Crippen LogP contribution in [-0.2, 0) is 6.54 Å². The van der Waals surface area contributed by atoms with Crippen molar-refractivity contribution in [1.82, 2.24) is 5.32 Å². The molecule has 0 saturated carbocycles. The first-order valence-corrected chi connectivity index (χ1v) is 7.54. The number of halogens is 2. The van der Waals surface area contributed by atoms with Gasteiger partial charge in [0.05, 0.1) is 22.3 Å². The van der Waals surface area contributed by atoms with E-state index in [1.54, 1.807) is 11.3 Å². The van der Waals surface area contributed by atoms with Gasteiger partial charge in [-0.2, -0.15) is 0 Å². The Kier molecular flexibility index (Phi) is 4.58. The van der Waals surface area contributed by atoms with Crippen LogP contribution in [0.25, 0.3) is 0 Å². The molecule has 3 nitrogen and oxygen atoms in total. The van der Waals surface area contributed by atoms with Crippen molar-refractivity contribution in [1.29, 1.82) is 0 Å². The first-order valence-electron chi connectivity index (χ1n) is 5.97. The van der Waals surface area contributed by atoms with Gasteiger partial charge in [0.1, 0.15) is 0 Å². The van der Waals surface area contributed by atoms with Crippen molar-refractivity contribution in [3.05, 3.63) is 49.1 Å². The normalized spacial score (nSPS) is 10.6. The maximum Gasteiger partial charge on any atom is 0.251 e. The number of anilines is 1. The molecule has 0 aliphatic carbocycles. The Morgan fingerprint density at radius 2 is 2.00 bits per heavy atom. The van der Waals surface area contributed by atoms with Crippen LogP contribution >= 0.6 is 34.5 Å². The Hall–Kier alpha value is -1.23. The minimum absolute atomic E-state index is 0.223. The van der Waals surface area contributed by atoms with Crippen LogP contribution in [0.2, 0.25) is 10.0 Å². The summed E-state index contributed by atoms with van der Waals surface area (Å²) < 4.78 is 0. The Balaban J connectivity index is 2.09. The van der Waals surface area contributed by atoms with Gasteiger partial charge in [0.25, 0.3) is 5.91 Å². The number of carbonyl (C=O) groups is 1. The van der Waals surface area contributed by atoms with Gasteiger partial charge in [-0.05, 0) is 37.6 Å². The zero-order valence-electron chi connectivity index (χ0n) is 11.1. The van der Waals surface area contributed by atoms with Gasteiger partial charge in [0.2, 0.25) is 0 Å². The first kappa shape index (κ1) is 15.2. The molecule has 0 atom stereocenters. The molecule has 0 unspecified atom stereocenters. The van der Waals surface area contributed by atoms with Crippen LogP contribution in [-0.4, -0.2) is 5.91 Å². The molecule has 1 amide bonds. The summed E-state index contributed by atoms with van der Waals surface area (Å²) in [5, 5.41) is 3.39. The minimum atomic E-state index is -0.223. The van der Waals surface area contributed by atoms with Gasteiger partial charge in [0, 0.05) is 15.3 Å². The summed E-state index contributed by atoms with van der Waals surface area (Å²) in [6.07, 6.45) is 0. The van der Waals surface area contributed by atoms with Crippen molar-refractivity contribution in [2.75, 3.05) is 5.73 Å². The van der Waals surface area contributed by atoms with E-state index in [2.05, 4.69) is 25.2 Å². The highest BCUT2D eigenvalue weighted by atomic mass is 35.5. The fraction of sp³-hybridized carbons (Fsp3) is 0.214. The number of hydrogen-bond donors (Lipinski definition) is 2. The predicted molar refractivity (Wildman–Crippen MR) is 85.8 cm³/mol. The third-order valence-corrected chi connectivity index (χ3v) is 4.93. The zero-order valence-corrected chi connectivity index (χ0v) is 13.4. The molecule has 0 radical (unpaired) electrons. The standard InChI is InChI=1S/C14H14Cl2N2OS/c1-7-3-10(20-8(7)2)6-18-14(19)9-4-11(15)13(16)12(17)5-9/h3-5H,6,17H2,1-2H3,(H,18,19). The van der Waals surface area contributed by atoms with E-state index in [0.717, 1.165) is 4.88 Å². The monoisotopic (exact) mass is 328 g/mol. The van der Waals surface area contributed by atoms with E-state index in [0.29, 0.717) is 17.8 Å². The molecule has 0 spiro atoms. The van der Waals surface area contributed by atoms with Gasteiger partial charge >= 0.3 is 0 Å². The summed E-state index contributed by atoms with van der Waals surface area (Å²) in [4.78, 5) is 14.4. The molecule has 20 heavy (non-hydrogen) atoms. The van der Waals surface area contributed by atoms with Crippen molar-refractivity contribution in [2.45, 2.75) is 20.4 Å². The van der Waals surface area contributed by atoms with Crippen molar-refractivity contribution in [3.63, 3.8) is 0 Å². The number of nitrogens with two attached hydrogens (primary N) is 1. The molecule has 0 fully saturated rings. The van der Waals surface area contributed by atoms with Crippen LogP contribution in [0.3, 0.4) is 0 Å². The van der Waals surface area contributed by atoms with Crippen LogP contribution in [0, 0.1) is 13.8 Å². The molecular formula is C14H14Cl2N2OS. The third kappa shape index (κ3) is 3.26. The third-order valence-electron chi connectivity index (χ3n) is 2.96. The van der Waals surface area contributed by atoms with Gasteiger partial charge < -0.3 is 11.1 Å². The topological polar surface area (TPSA) is 55.1 Å². The first-order chi connectivity index (χ1) is 9.38. The van der Waals surface area contributed by atoms with E-state index in [-0.39, 0.29) is 16.0 Å². The summed E-state index contributed by atoms with van der Waals surface area (Å²) in [5.74, 6) is -0.223. The molecule has 1 heterocycles. The molecule has 2 rings (SSSR count). The number of aryl methyl sites for hydroxylation is 2. The highest BCUT2D eigenvalue weighted by Crippen LogP contribution is 2.29. The quantitative estimate of drug-likeness (QED) is 0.830. The van der Waals surface area contributed by atoms with Gasteiger partial charge in [-0.1, -0.05) is 23.2 Å². The van der Waals surface area contributed by atoms with Gasteiger partial charge in [-0.3, -0.25) is 4.79 Å². The van der Waals surface area contributed by atoms with Crippen molar-refractivity contribution >= 4 is 46.1 Å². The van der Waals surface area contributed by atoms with Crippen LogP contribution in [0.15, 0.2) is 18.2 Å². The average molecular weight is 329 g/mol. The summed E-state index contributed by atoms with van der Waals surface area (Å²) >= 11 is 13.4. The maximum absolute atomic E-state index is 12.1. The van der Waals surface area contributed by atoms with Crippen molar-refractivity contribution < 1.29 is 4.79 Å². The SMILES string of the molecule is Cc1cc(CNC(=O)c2cc(N)c(Cl)c(Cl)c2)sc1C. The molecule has 0 bridgehead atoms. The second-order valence-electron chi connectivity index (χ2n) is 4.50. The molecule has 6 heteroatoms. The minimum Gasteiger partial charge on any atom is -0.397 e. The van der Waals surface area contributed by atoms with E-state index >= 15 is 0 Å². The van der Waals surface area contributed by atoms with Crippen LogP contribution in [0.4, 0.5) is 5.69 Å². The Morgan fingerprint density at radius 1 is 1.30 bits per heavy atom. The summed E-state index contributed by atoms with van der Waals surface area (Å²) in [5.41, 5.74) is 7.63. The smallest absolute Gasteiger partial charge is 0.251 e. The summed E-state index contributed by atoms with van der Waals surface area (Å²) in [6.45, 7) is 4.60. The van der Waals surface area contributed by atoms with Crippen molar-refractivity contribution in [3.8, 4) is 0 Å². The maximum atomic E-state index is 12.1. The van der Waals surface area contributed by atoms with Gasteiger partial charge in [-0.25, -0.2) is 0 Å². The van der Waals surface area contributed by atoms with Gasteiger partial charge in [0.15, 0.2) is 0 Å². The predicted octanol–water partition coefficient (Wildman–Crippen LogP) is 4.18. The van der Waals surface area contributed by atoms with Gasteiger partial charge in [-0.15, -0.1) is 11.3 Å². The molecule has 2 aromatic rings. The highest BCUT2D eigenvalue weighted by Gasteiger charge is 2.11. The lowest BCUT2D eigenvalue weighted by Gasteiger charge is -2.07. The second kappa shape index (κ2) is 6.04. The average Bonchev–Trinajstić information content (AvgIpc) is 2.72. The Bertz CT molecular complexity index is 625. The van der Waals surface area contributed by atoms with E-state index in [1.807, 2.05) is 0 Å². The number of nitrogens with one attached hydrogen (secondary N) is 1. The molecule has 106 valence electrons. The number of rotatable bonds is 3. The summed E-state index contributed by atoms with van der Waals surface area (Å²) in [7, 11) is 0. The molecular weight excluding hydrogens is 315 g/mol. The number of amides is 1. The van der Waals surface area contributed by atoms with Crippen LogP contribution in [0.1, 0.15) is 25.7 Å². The molecule has 1 aromatic heterocycles. The number of thiophene rings is 1. The Morgan fingerprint density at radius 3 is 2.55 bits per heavy atom. The Labute approximate surface area is 131 Å². The van der Waals surface area contributed by atoms with E-state index in [4.69, 9.17) is 28.9 Å². The molecule has 0 saturated heterocycles. The lowest BCUT2D eigenvalue weighted by Crippen LogP contribution is -2.22. The lowest BCUT2D eigenvalue weighted by atomic mass is 10.2. The van der Waals surface area contributed by atoms with Crippen molar-refractivity contribution in [2.24, 2.45) is 0 Å². The number of hydrogen-bond acceptors (Lipinski definition) is 3. The lowest BCUT2D eigenvalue weighted by molar-refractivity contribution is 0.0951. The van der Waals surface area contributed by atoms with E-state index in [1.165, 1.54) is 22.6 Å². The number of benzene rings is 1. The van der Waals surface area contributed by atoms with Crippen LogP contribution < -0.4 is 11.1 Å². The van der Waals surface area contributed by atoms with E-state index < -0.39 is 0 Å². The number of nitrogen functional groups attached to an aromatic ring is 1. The van der Waals surface area contributed by atoms with Crippen LogP contribution in [0.5, 0.6) is 0 Å². The fourth-order valence-electron chi connectivity index (χ4n) is 1.75. The largest absolute Gasteiger partial charge is 0.397 e. The zero-order chi connectivity index (χ0) is 14.9. The second-order valence-corrected chi connectivity index (χ2v) is 6.62. The highest BCUT2D eigenvalue weighted by molar-refractivity contribution is 7.12. The molecule has 0 aliphatic heterocycles. The molecule has 1 aromatic carbocycles. The van der Waals surface area contributed by atoms with E-state index in [9.17, 15) is 4.79 Å². The number of carbonyl (C=O) groups excluding carboxylic acids is 1. The fourth-order valence-corrected chi connectivity index (χ4v) is 3.08. The summed E-state index contributed by atoms with van der Waals surface area (Å²) in [6, 6.07) is 5.11. The molecule has 3 N–H and O–H groups in total.